The molecule has 29 heavy (non-hydrogen) atoms. The fraction of sp³-hybridized carbons (Fsp3) is 0.381. The van der Waals surface area contributed by atoms with E-state index in [1.54, 1.807) is 49.4 Å². The number of amides is 1. The summed E-state index contributed by atoms with van der Waals surface area (Å²) in [6, 6.07) is 13.0. The molecular formula is C21H24FN3O3S. The number of anilines is 1. The fourth-order valence-corrected chi connectivity index (χ4v) is 6.33. The molecule has 0 aromatic heterocycles. The predicted octanol–water partition coefficient (Wildman–Crippen LogP) is 2.31. The standard InChI is InChI=1S/C21H24FN3O3S/c1-15-18(22)8-5-9-19(15)23-20(26)13-25-12-16-10-11-21(14-25,24-16)29(27,28)17-6-3-2-4-7-17/h2-9,16,24H,10-14H2,1H3,(H,23,26). The van der Waals surface area contributed by atoms with Crippen LogP contribution in [0.3, 0.4) is 0 Å². The molecule has 0 saturated carbocycles. The maximum Gasteiger partial charge on any atom is 0.238 e. The lowest BCUT2D eigenvalue weighted by atomic mass is 10.2. The molecule has 0 aliphatic carbocycles. The van der Waals surface area contributed by atoms with Crippen LogP contribution in [0.25, 0.3) is 0 Å². The highest BCUT2D eigenvalue weighted by atomic mass is 32.2. The lowest BCUT2D eigenvalue weighted by Crippen LogP contribution is -2.63. The number of carbonyl (C=O) groups excluding carboxylic acids is 1. The van der Waals surface area contributed by atoms with Crippen LogP contribution >= 0.6 is 0 Å². The van der Waals surface area contributed by atoms with E-state index in [4.69, 9.17) is 0 Å². The number of nitrogens with zero attached hydrogens (tertiary/aromatic N) is 1. The van der Waals surface area contributed by atoms with Gasteiger partial charge in [0.2, 0.25) is 5.91 Å². The summed E-state index contributed by atoms with van der Waals surface area (Å²) in [5, 5.41) is 6.04. The summed E-state index contributed by atoms with van der Waals surface area (Å²) in [6.07, 6.45) is 1.25. The second kappa shape index (κ2) is 7.51. The lowest BCUT2D eigenvalue weighted by Gasteiger charge is -2.40. The van der Waals surface area contributed by atoms with E-state index in [2.05, 4.69) is 10.6 Å². The van der Waals surface area contributed by atoms with E-state index in [1.165, 1.54) is 6.07 Å². The Morgan fingerprint density at radius 2 is 2.00 bits per heavy atom. The molecule has 6 nitrogen and oxygen atoms in total. The number of rotatable bonds is 5. The van der Waals surface area contributed by atoms with Crippen LogP contribution in [-0.4, -0.2) is 49.8 Å². The molecule has 2 N–H and O–H groups in total. The van der Waals surface area contributed by atoms with Gasteiger partial charge in [-0.3, -0.25) is 15.0 Å². The SMILES string of the molecule is Cc1c(F)cccc1NC(=O)CN1CC2CCC(S(=O)(=O)c3ccccc3)(C1)N2. The highest BCUT2D eigenvalue weighted by molar-refractivity contribution is 7.92. The summed E-state index contributed by atoms with van der Waals surface area (Å²) in [5.41, 5.74) is 0.809. The van der Waals surface area contributed by atoms with Gasteiger partial charge in [-0.2, -0.15) is 0 Å². The van der Waals surface area contributed by atoms with Gasteiger partial charge in [0.15, 0.2) is 9.84 Å². The number of sulfone groups is 1. The van der Waals surface area contributed by atoms with Crippen molar-refractivity contribution in [3.05, 3.63) is 59.9 Å². The van der Waals surface area contributed by atoms with Crippen LogP contribution in [0.2, 0.25) is 0 Å². The van der Waals surface area contributed by atoms with E-state index in [0.717, 1.165) is 6.42 Å². The number of nitrogens with one attached hydrogen (secondary N) is 2. The third kappa shape index (κ3) is 3.68. The Morgan fingerprint density at radius 1 is 1.24 bits per heavy atom. The fourth-order valence-electron chi connectivity index (χ4n) is 4.30. The van der Waals surface area contributed by atoms with Crippen LogP contribution in [0.1, 0.15) is 18.4 Å². The monoisotopic (exact) mass is 417 g/mol. The second-order valence-electron chi connectivity index (χ2n) is 7.82. The van der Waals surface area contributed by atoms with Gasteiger partial charge in [-0.25, -0.2) is 12.8 Å². The first-order chi connectivity index (χ1) is 13.8. The Kier molecular flexibility index (Phi) is 5.18. The first kappa shape index (κ1) is 20.0. The van der Waals surface area contributed by atoms with Gasteiger partial charge >= 0.3 is 0 Å². The first-order valence-electron chi connectivity index (χ1n) is 9.65. The number of likely N-dealkylation sites (tertiary alicyclic amines) is 1. The molecule has 2 aliphatic rings. The molecule has 4 rings (SSSR count). The maximum atomic E-state index is 13.7. The van der Waals surface area contributed by atoms with E-state index in [-0.39, 0.29) is 35.8 Å². The Balaban J connectivity index is 1.51. The third-order valence-corrected chi connectivity index (χ3v) is 8.17. The van der Waals surface area contributed by atoms with E-state index in [1.807, 2.05) is 4.90 Å². The molecule has 8 heteroatoms. The van der Waals surface area contributed by atoms with Crippen LogP contribution in [0, 0.1) is 12.7 Å². The van der Waals surface area contributed by atoms with Crippen molar-refractivity contribution in [1.82, 2.24) is 10.2 Å². The van der Waals surface area contributed by atoms with Crippen molar-refractivity contribution in [2.24, 2.45) is 0 Å². The van der Waals surface area contributed by atoms with Crippen molar-refractivity contribution in [1.29, 1.82) is 0 Å². The molecule has 2 saturated heterocycles. The van der Waals surface area contributed by atoms with Crippen LogP contribution in [-0.2, 0) is 14.6 Å². The molecule has 0 radical (unpaired) electrons. The lowest BCUT2D eigenvalue weighted by molar-refractivity contribution is -0.117. The van der Waals surface area contributed by atoms with Gasteiger partial charge in [-0.1, -0.05) is 24.3 Å². The van der Waals surface area contributed by atoms with Crippen molar-refractivity contribution >= 4 is 21.4 Å². The Morgan fingerprint density at radius 3 is 2.76 bits per heavy atom. The van der Waals surface area contributed by atoms with Gasteiger partial charge in [0.1, 0.15) is 10.7 Å². The third-order valence-electron chi connectivity index (χ3n) is 5.80. The summed E-state index contributed by atoms with van der Waals surface area (Å²) in [4.78, 5) is 13.6. The van der Waals surface area contributed by atoms with Gasteiger partial charge in [0.05, 0.1) is 11.4 Å². The number of halogens is 1. The normalized spacial score (nSPS) is 24.4. The summed E-state index contributed by atoms with van der Waals surface area (Å²) < 4.78 is 40.4. The van der Waals surface area contributed by atoms with Gasteiger partial charge in [0, 0.05) is 30.4 Å². The van der Waals surface area contributed by atoms with Crippen molar-refractivity contribution in [3.63, 3.8) is 0 Å². The van der Waals surface area contributed by atoms with Gasteiger partial charge in [-0.05, 0) is 44.0 Å². The van der Waals surface area contributed by atoms with Gasteiger partial charge in [-0.15, -0.1) is 0 Å². The minimum atomic E-state index is -3.61. The highest BCUT2D eigenvalue weighted by Crippen LogP contribution is 2.37. The van der Waals surface area contributed by atoms with E-state index >= 15 is 0 Å². The average Bonchev–Trinajstić information content (AvgIpc) is 3.02. The molecule has 2 aromatic carbocycles. The molecule has 2 aromatic rings. The molecule has 0 spiro atoms. The first-order valence-corrected chi connectivity index (χ1v) is 11.1. The molecule has 2 aliphatic heterocycles. The zero-order valence-electron chi connectivity index (χ0n) is 16.2. The van der Waals surface area contributed by atoms with Gasteiger partial charge in [0.25, 0.3) is 0 Å². The summed E-state index contributed by atoms with van der Waals surface area (Å²) in [5.74, 6) is -0.664. The average molecular weight is 418 g/mol. The molecule has 2 unspecified atom stereocenters. The van der Waals surface area contributed by atoms with Crippen molar-refractivity contribution < 1.29 is 17.6 Å². The van der Waals surface area contributed by atoms with Gasteiger partial charge < -0.3 is 5.32 Å². The van der Waals surface area contributed by atoms with E-state index < -0.39 is 14.7 Å². The number of carbonyl (C=O) groups is 1. The molecule has 1 amide bonds. The van der Waals surface area contributed by atoms with Crippen LogP contribution in [0.4, 0.5) is 10.1 Å². The quantitative estimate of drug-likeness (QED) is 0.781. The molecule has 2 heterocycles. The number of hydrogen-bond acceptors (Lipinski definition) is 5. The van der Waals surface area contributed by atoms with Crippen molar-refractivity contribution in [2.75, 3.05) is 25.0 Å². The molecule has 2 bridgehead atoms. The Labute approximate surface area is 170 Å². The summed E-state index contributed by atoms with van der Waals surface area (Å²) >= 11 is 0. The molecular weight excluding hydrogens is 393 g/mol. The zero-order chi connectivity index (χ0) is 20.6. The minimum Gasteiger partial charge on any atom is -0.325 e. The maximum absolute atomic E-state index is 13.7. The van der Waals surface area contributed by atoms with E-state index in [9.17, 15) is 17.6 Å². The van der Waals surface area contributed by atoms with Crippen molar-refractivity contribution in [3.8, 4) is 0 Å². The highest BCUT2D eigenvalue weighted by Gasteiger charge is 2.53. The van der Waals surface area contributed by atoms with Crippen LogP contribution < -0.4 is 10.6 Å². The number of piperazine rings is 1. The topological polar surface area (TPSA) is 78.5 Å². The molecule has 2 fully saturated rings. The second-order valence-corrected chi connectivity index (χ2v) is 10.1. The minimum absolute atomic E-state index is 0.0194. The predicted molar refractivity (Wildman–Crippen MR) is 109 cm³/mol. The Hall–Kier alpha value is -2.29. The van der Waals surface area contributed by atoms with Crippen LogP contribution in [0.5, 0.6) is 0 Å². The smallest absolute Gasteiger partial charge is 0.238 e. The van der Waals surface area contributed by atoms with E-state index in [0.29, 0.717) is 24.2 Å². The van der Waals surface area contributed by atoms with Crippen LogP contribution in [0.15, 0.2) is 53.4 Å². The summed E-state index contributed by atoms with van der Waals surface area (Å²) in [6.45, 7) is 2.50. The number of benzene rings is 2. The largest absolute Gasteiger partial charge is 0.325 e. The Bertz CT molecular complexity index is 1030. The summed E-state index contributed by atoms with van der Waals surface area (Å²) in [7, 11) is -3.61. The number of hydrogen-bond donors (Lipinski definition) is 2. The zero-order valence-corrected chi connectivity index (χ0v) is 17.0. The number of fused-ring (bicyclic) bond motifs is 2. The van der Waals surface area contributed by atoms with Crippen molar-refractivity contribution in [2.45, 2.75) is 35.6 Å². The molecule has 154 valence electrons. The molecule has 2 atom stereocenters.